The summed E-state index contributed by atoms with van der Waals surface area (Å²) in [7, 11) is 0. The van der Waals surface area contributed by atoms with E-state index < -0.39 is 0 Å². The van der Waals surface area contributed by atoms with Gasteiger partial charge in [-0.1, -0.05) is 140 Å². The van der Waals surface area contributed by atoms with Gasteiger partial charge < -0.3 is 9.47 Å². The molecule has 272 valence electrons. The second kappa shape index (κ2) is 13.3. The summed E-state index contributed by atoms with van der Waals surface area (Å²) in [5.74, 6) is 0. The van der Waals surface area contributed by atoms with Crippen molar-refractivity contribution in [3.63, 3.8) is 0 Å². The quantitative estimate of drug-likeness (QED) is 0.163. The Morgan fingerprint density at radius 2 is 0.879 bits per heavy atom. The molecule has 0 aliphatic heterocycles. The molecular formula is C54H34N2S2. The lowest BCUT2D eigenvalue weighted by Gasteiger charge is -2.26. The molecular weight excluding hydrogens is 741 g/mol. The Morgan fingerprint density at radius 3 is 1.62 bits per heavy atom. The number of hydrogen-bond acceptors (Lipinski definition) is 3. The van der Waals surface area contributed by atoms with E-state index in [-0.39, 0.29) is 0 Å². The minimum atomic E-state index is 1.12. The predicted octanol–water partition coefficient (Wildman–Crippen LogP) is 16.3. The van der Waals surface area contributed by atoms with E-state index in [0.717, 1.165) is 11.4 Å². The lowest BCUT2D eigenvalue weighted by atomic mass is 9.93. The van der Waals surface area contributed by atoms with Gasteiger partial charge in [-0.3, -0.25) is 0 Å². The van der Waals surface area contributed by atoms with Gasteiger partial charge in [0.2, 0.25) is 0 Å². The van der Waals surface area contributed by atoms with Crippen LogP contribution in [0.25, 0.3) is 90.1 Å². The third kappa shape index (κ3) is 5.16. The molecule has 0 bridgehead atoms. The molecule has 0 spiro atoms. The first-order valence-corrected chi connectivity index (χ1v) is 21.3. The van der Waals surface area contributed by atoms with Gasteiger partial charge in [-0.15, -0.1) is 22.7 Å². The molecule has 0 amide bonds. The molecule has 2 nitrogen and oxygen atoms in total. The Hall–Kier alpha value is -6.98. The van der Waals surface area contributed by atoms with Gasteiger partial charge in [-0.05, 0) is 83.4 Å². The highest BCUT2D eigenvalue weighted by molar-refractivity contribution is 7.26. The molecule has 3 aromatic heterocycles. The van der Waals surface area contributed by atoms with Gasteiger partial charge in [-0.2, -0.15) is 0 Å². The summed E-state index contributed by atoms with van der Waals surface area (Å²) in [6.07, 6.45) is 0. The first-order chi connectivity index (χ1) is 28.8. The third-order valence-corrected chi connectivity index (χ3v) is 14.0. The Bertz CT molecular complexity index is 3480. The highest BCUT2D eigenvalue weighted by Gasteiger charge is 2.21. The van der Waals surface area contributed by atoms with Crippen molar-refractivity contribution < 1.29 is 0 Å². The van der Waals surface area contributed by atoms with E-state index in [1.165, 1.54) is 95.8 Å². The number of rotatable bonds is 6. The first kappa shape index (κ1) is 33.2. The molecule has 0 aliphatic rings. The van der Waals surface area contributed by atoms with Crippen molar-refractivity contribution in [2.75, 3.05) is 4.90 Å². The summed E-state index contributed by atoms with van der Waals surface area (Å²) in [6.45, 7) is 0. The summed E-state index contributed by atoms with van der Waals surface area (Å²) >= 11 is 3.73. The van der Waals surface area contributed by atoms with Crippen LogP contribution in [0, 0.1) is 0 Å². The van der Waals surface area contributed by atoms with Crippen molar-refractivity contribution in [2.24, 2.45) is 0 Å². The zero-order valence-corrected chi connectivity index (χ0v) is 33.0. The SMILES string of the molecule is c1ccc(-c2ccccc2-n2c3ccccc3c3ccccc32)c(-c2ccc(N(c3ccc4sc5ccccc5c4c3)c3cccc4c3sc3ccccc34)cc2)c1. The molecule has 0 saturated carbocycles. The topological polar surface area (TPSA) is 8.17 Å². The summed E-state index contributed by atoms with van der Waals surface area (Å²) < 4.78 is 7.64. The smallest absolute Gasteiger partial charge is 0.0640 e. The molecule has 0 atom stereocenters. The fraction of sp³-hybridized carbons (Fsp3) is 0. The van der Waals surface area contributed by atoms with Crippen molar-refractivity contribution in [2.45, 2.75) is 0 Å². The van der Waals surface area contributed by atoms with Gasteiger partial charge >= 0.3 is 0 Å². The molecule has 0 fully saturated rings. The third-order valence-electron chi connectivity index (χ3n) is 11.6. The van der Waals surface area contributed by atoms with Gasteiger partial charge in [0.05, 0.1) is 27.1 Å². The maximum Gasteiger partial charge on any atom is 0.0640 e. The average Bonchev–Trinajstić information content (AvgIpc) is 3.97. The predicted molar refractivity (Wildman–Crippen MR) is 252 cm³/mol. The Morgan fingerprint density at radius 1 is 0.345 bits per heavy atom. The van der Waals surface area contributed by atoms with Crippen molar-refractivity contribution in [3.8, 4) is 27.9 Å². The zero-order chi connectivity index (χ0) is 38.2. The van der Waals surface area contributed by atoms with Gasteiger partial charge in [0.1, 0.15) is 0 Å². The van der Waals surface area contributed by atoms with Crippen molar-refractivity contribution in [1.82, 2.24) is 4.57 Å². The second-order valence-corrected chi connectivity index (χ2v) is 17.0. The summed E-state index contributed by atoms with van der Waals surface area (Å²) in [4.78, 5) is 2.46. The van der Waals surface area contributed by atoms with E-state index in [2.05, 4.69) is 216 Å². The van der Waals surface area contributed by atoms with Crippen molar-refractivity contribution in [3.05, 3.63) is 206 Å². The number of hydrogen-bond donors (Lipinski definition) is 0. The van der Waals surface area contributed by atoms with Crippen LogP contribution in [-0.4, -0.2) is 4.57 Å². The van der Waals surface area contributed by atoms with Crippen LogP contribution >= 0.6 is 22.7 Å². The highest BCUT2D eigenvalue weighted by Crippen LogP contribution is 2.47. The molecule has 0 unspecified atom stereocenters. The molecule has 12 rings (SSSR count). The summed E-state index contributed by atoms with van der Waals surface area (Å²) in [6, 6.07) is 75.6. The van der Waals surface area contributed by atoms with Gasteiger partial charge in [0.15, 0.2) is 0 Å². The molecule has 0 aliphatic carbocycles. The van der Waals surface area contributed by atoms with E-state index in [1.54, 1.807) is 0 Å². The van der Waals surface area contributed by atoms with E-state index in [4.69, 9.17) is 0 Å². The molecule has 0 N–H and O–H groups in total. The standard InChI is InChI=1S/C54H34N2S2/c1-2-15-39(40-16-3-8-22-47(40)56-48-23-9-4-17-41(48)42-18-5-10-24-49(42)56)38(14-1)35-28-30-36(31-29-35)55(37-32-33-53-46(34-37)44-20-7-11-26-51(44)57-53)50-25-13-21-45-43-19-6-12-27-52(43)58-54(45)50/h1-34H. The molecule has 4 heteroatoms. The van der Waals surface area contributed by atoms with Gasteiger partial charge in [-0.25, -0.2) is 0 Å². The van der Waals surface area contributed by atoms with Crippen molar-refractivity contribution in [1.29, 1.82) is 0 Å². The number of anilines is 3. The van der Waals surface area contributed by atoms with Crippen LogP contribution in [0.2, 0.25) is 0 Å². The van der Waals surface area contributed by atoms with Crippen LogP contribution in [-0.2, 0) is 0 Å². The van der Waals surface area contributed by atoms with Crippen LogP contribution < -0.4 is 4.90 Å². The number of thiophene rings is 2. The Balaban J connectivity index is 1.02. The fourth-order valence-electron chi connectivity index (χ4n) is 9.03. The Labute approximate surface area is 343 Å². The van der Waals surface area contributed by atoms with Crippen molar-refractivity contribution >= 4 is 102 Å². The van der Waals surface area contributed by atoms with Gasteiger partial charge in [0.25, 0.3) is 0 Å². The molecule has 0 saturated heterocycles. The normalized spacial score (nSPS) is 11.8. The van der Waals surface area contributed by atoms with Crippen LogP contribution in [0.15, 0.2) is 206 Å². The van der Waals surface area contributed by atoms with E-state index in [9.17, 15) is 0 Å². The summed E-state index contributed by atoms with van der Waals surface area (Å²) in [5, 5.41) is 7.71. The first-order valence-electron chi connectivity index (χ1n) is 19.7. The van der Waals surface area contributed by atoms with Crippen LogP contribution in [0.3, 0.4) is 0 Å². The molecule has 9 aromatic carbocycles. The second-order valence-electron chi connectivity index (χ2n) is 14.8. The largest absolute Gasteiger partial charge is 0.309 e. The van der Waals surface area contributed by atoms with Crippen LogP contribution in [0.4, 0.5) is 17.1 Å². The average molecular weight is 775 g/mol. The van der Waals surface area contributed by atoms with E-state index in [0.29, 0.717) is 0 Å². The minimum Gasteiger partial charge on any atom is -0.309 e. The monoisotopic (exact) mass is 774 g/mol. The minimum absolute atomic E-state index is 1.12. The van der Waals surface area contributed by atoms with Crippen LogP contribution in [0.5, 0.6) is 0 Å². The van der Waals surface area contributed by atoms with Crippen LogP contribution in [0.1, 0.15) is 0 Å². The molecule has 12 aromatic rings. The van der Waals surface area contributed by atoms with E-state index >= 15 is 0 Å². The number of benzene rings is 9. The van der Waals surface area contributed by atoms with Gasteiger partial charge in [0, 0.05) is 63.4 Å². The number of fused-ring (bicyclic) bond motifs is 9. The number of aromatic nitrogens is 1. The fourth-order valence-corrected chi connectivity index (χ4v) is 11.3. The number of para-hydroxylation sites is 3. The van der Waals surface area contributed by atoms with E-state index in [1.807, 2.05) is 22.7 Å². The molecule has 58 heavy (non-hydrogen) atoms. The highest BCUT2D eigenvalue weighted by atomic mass is 32.1. The maximum atomic E-state index is 2.46. The molecule has 3 heterocycles. The molecule has 0 radical (unpaired) electrons. The number of nitrogens with zero attached hydrogens (tertiary/aromatic N) is 2. The Kier molecular flexibility index (Phi) is 7.62. The zero-order valence-electron chi connectivity index (χ0n) is 31.3. The lowest BCUT2D eigenvalue weighted by molar-refractivity contribution is 1.18. The maximum absolute atomic E-state index is 2.46. The summed E-state index contributed by atoms with van der Waals surface area (Å²) in [5.41, 5.74) is 11.8. The lowest BCUT2D eigenvalue weighted by Crippen LogP contribution is -2.10.